The molecule has 32 heavy (non-hydrogen) atoms. The summed E-state index contributed by atoms with van der Waals surface area (Å²) in [4.78, 5) is 16.4. The van der Waals surface area contributed by atoms with E-state index >= 15 is 0 Å². The number of sulfonamides is 1. The third kappa shape index (κ3) is 6.45. The van der Waals surface area contributed by atoms with Crippen LogP contribution in [0.5, 0.6) is 0 Å². The highest BCUT2D eigenvalue weighted by Gasteiger charge is 2.36. The number of carbonyl (C=O) groups is 1. The zero-order chi connectivity index (χ0) is 24.3. The first kappa shape index (κ1) is 26.6. The number of likely N-dealkylation sites (N-methyl/N-ethyl adjacent to an activating group) is 2. The summed E-state index contributed by atoms with van der Waals surface area (Å²) in [6.07, 6.45) is -1.83. The van der Waals surface area contributed by atoms with E-state index in [2.05, 4.69) is 0 Å². The van der Waals surface area contributed by atoms with Gasteiger partial charge in [-0.1, -0.05) is 6.92 Å². The Labute approximate surface area is 189 Å². The number of amides is 1. The van der Waals surface area contributed by atoms with Gasteiger partial charge in [0.25, 0.3) is 0 Å². The van der Waals surface area contributed by atoms with Crippen LogP contribution < -0.4 is 0 Å². The second-order valence-corrected chi connectivity index (χ2v) is 11.0. The fourth-order valence-electron chi connectivity index (χ4n) is 4.15. The van der Waals surface area contributed by atoms with Crippen molar-refractivity contribution in [3.05, 3.63) is 29.8 Å². The van der Waals surface area contributed by atoms with Crippen LogP contribution in [0.1, 0.15) is 38.2 Å². The molecule has 1 aliphatic carbocycles. The van der Waals surface area contributed by atoms with E-state index in [4.69, 9.17) is 0 Å². The van der Waals surface area contributed by atoms with Crippen molar-refractivity contribution in [3.63, 3.8) is 0 Å². The van der Waals surface area contributed by atoms with E-state index in [1.165, 1.54) is 11.4 Å². The number of halogens is 3. The van der Waals surface area contributed by atoms with E-state index in [-0.39, 0.29) is 28.7 Å². The summed E-state index contributed by atoms with van der Waals surface area (Å²) in [5.41, 5.74) is -0.881. The van der Waals surface area contributed by atoms with Crippen LogP contribution in [0.2, 0.25) is 0 Å². The lowest BCUT2D eigenvalue weighted by molar-refractivity contribution is -0.137. The Morgan fingerprint density at radius 1 is 1.00 bits per heavy atom. The molecule has 1 saturated carbocycles. The fourth-order valence-corrected chi connectivity index (χ4v) is 5.57. The monoisotopic (exact) mass is 477 g/mol. The van der Waals surface area contributed by atoms with Crippen molar-refractivity contribution in [1.29, 1.82) is 0 Å². The molecule has 0 aliphatic heterocycles. The van der Waals surface area contributed by atoms with Gasteiger partial charge >= 0.3 is 6.18 Å². The molecule has 10 heteroatoms. The Balaban J connectivity index is 1.97. The molecule has 1 fully saturated rings. The SMILES string of the molecule is CC(C(=O)N(C)CCN(C)C)C1CCC(N(C)S(=O)(=O)c2ccc(C(F)(F)F)cc2)CC1. The van der Waals surface area contributed by atoms with Crippen LogP contribution in [-0.4, -0.2) is 75.8 Å². The first-order valence-corrected chi connectivity index (χ1v) is 12.2. The Morgan fingerprint density at radius 2 is 1.53 bits per heavy atom. The normalized spacial score (nSPS) is 21.1. The Bertz CT molecular complexity index is 865. The van der Waals surface area contributed by atoms with Crippen LogP contribution in [0.4, 0.5) is 13.2 Å². The third-order valence-electron chi connectivity index (χ3n) is 6.47. The van der Waals surface area contributed by atoms with Crippen LogP contribution in [0.3, 0.4) is 0 Å². The number of hydrogen-bond acceptors (Lipinski definition) is 4. The molecule has 1 aromatic rings. The predicted molar refractivity (Wildman–Crippen MR) is 117 cm³/mol. The van der Waals surface area contributed by atoms with Gasteiger partial charge in [0.2, 0.25) is 15.9 Å². The summed E-state index contributed by atoms with van der Waals surface area (Å²) < 4.78 is 65.4. The standard InChI is InChI=1S/C22H34F3N3O3S/c1-16(21(29)27(4)15-14-26(2)3)17-6-10-19(11-7-17)28(5)32(30,31)20-12-8-18(9-13-20)22(23,24)25/h8-9,12-13,16-17,19H,6-7,10-11,14-15H2,1-5H3. The zero-order valence-corrected chi connectivity index (χ0v) is 20.2. The molecule has 0 bridgehead atoms. The largest absolute Gasteiger partial charge is 0.416 e. The molecule has 6 nitrogen and oxygen atoms in total. The summed E-state index contributed by atoms with van der Waals surface area (Å²) in [5, 5.41) is 0. The molecular formula is C22H34F3N3O3S. The lowest BCUT2D eigenvalue weighted by Gasteiger charge is -2.36. The van der Waals surface area contributed by atoms with Crippen LogP contribution in [0.25, 0.3) is 0 Å². The second-order valence-electron chi connectivity index (χ2n) is 8.96. The summed E-state index contributed by atoms with van der Waals surface area (Å²) >= 11 is 0. The highest BCUT2D eigenvalue weighted by atomic mass is 32.2. The lowest BCUT2D eigenvalue weighted by atomic mass is 9.78. The van der Waals surface area contributed by atoms with Gasteiger partial charge in [0.15, 0.2) is 0 Å². The summed E-state index contributed by atoms with van der Waals surface area (Å²) in [6.45, 7) is 3.37. The van der Waals surface area contributed by atoms with Crippen molar-refractivity contribution < 1.29 is 26.4 Å². The van der Waals surface area contributed by atoms with Gasteiger partial charge in [-0.3, -0.25) is 4.79 Å². The molecule has 0 aromatic heterocycles. The van der Waals surface area contributed by atoms with Crippen molar-refractivity contribution in [3.8, 4) is 0 Å². The molecule has 1 aromatic carbocycles. The molecule has 0 radical (unpaired) electrons. The smallest absolute Gasteiger partial charge is 0.344 e. The molecule has 1 aliphatic rings. The Kier molecular flexibility index (Phi) is 8.75. The second kappa shape index (κ2) is 10.5. The van der Waals surface area contributed by atoms with Crippen molar-refractivity contribution in [2.24, 2.45) is 11.8 Å². The minimum absolute atomic E-state index is 0.0982. The minimum atomic E-state index is -4.51. The predicted octanol–water partition coefficient (Wildman–Crippen LogP) is 3.54. The highest BCUT2D eigenvalue weighted by molar-refractivity contribution is 7.89. The summed E-state index contributed by atoms with van der Waals surface area (Å²) in [7, 11) is 3.29. The quantitative estimate of drug-likeness (QED) is 0.575. The summed E-state index contributed by atoms with van der Waals surface area (Å²) in [5.74, 6) is 0.142. The number of carbonyl (C=O) groups excluding carboxylic acids is 1. The van der Waals surface area contributed by atoms with Gasteiger partial charge in [0.1, 0.15) is 0 Å². The molecule has 2 rings (SSSR count). The third-order valence-corrected chi connectivity index (χ3v) is 8.39. The van der Waals surface area contributed by atoms with E-state index in [0.717, 1.165) is 43.7 Å². The molecule has 1 unspecified atom stereocenters. The number of nitrogens with zero attached hydrogens (tertiary/aromatic N) is 3. The van der Waals surface area contributed by atoms with Gasteiger partial charge in [-0.15, -0.1) is 0 Å². The molecular weight excluding hydrogens is 443 g/mol. The minimum Gasteiger partial charge on any atom is -0.344 e. The highest BCUT2D eigenvalue weighted by Crippen LogP contribution is 2.35. The van der Waals surface area contributed by atoms with Crippen LogP contribution in [0.15, 0.2) is 29.2 Å². The van der Waals surface area contributed by atoms with Crippen molar-refractivity contribution in [2.45, 2.75) is 49.7 Å². The molecule has 0 spiro atoms. The number of alkyl halides is 3. The average molecular weight is 478 g/mol. The molecule has 1 atom stereocenters. The van der Waals surface area contributed by atoms with Crippen molar-refractivity contribution in [2.75, 3.05) is 41.3 Å². The van der Waals surface area contributed by atoms with E-state index in [1.807, 2.05) is 25.9 Å². The number of hydrogen-bond donors (Lipinski definition) is 0. The maximum absolute atomic E-state index is 12.9. The fraction of sp³-hybridized carbons (Fsp3) is 0.682. The Morgan fingerprint density at radius 3 is 2.00 bits per heavy atom. The van der Waals surface area contributed by atoms with E-state index < -0.39 is 21.8 Å². The molecule has 0 saturated heterocycles. The van der Waals surface area contributed by atoms with E-state index in [9.17, 15) is 26.4 Å². The van der Waals surface area contributed by atoms with Crippen LogP contribution >= 0.6 is 0 Å². The first-order valence-electron chi connectivity index (χ1n) is 10.8. The Hall–Kier alpha value is -1.65. The zero-order valence-electron chi connectivity index (χ0n) is 19.4. The van der Waals surface area contributed by atoms with Gasteiger partial charge in [0, 0.05) is 39.1 Å². The maximum Gasteiger partial charge on any atom is 0.416 e. The van der Waals surface area contributed by atoms with Gasteiger partial charge in [0.05, 0.1) is 10.5 Å². The van der Waals surface area contributed by atoms with E-state index in [0.29, 0.717) is 19.4 Å². The lowest BCUT2D eigenvalue weighted by Crippen LogP contribution is -2.43. The van der Waals surface area contributed by atoms with Gasteiger partial charge in [-0.05, 0) is 70.0 Å². The van der Waals surface area contributed by atoms with Gasteiger partial charge < -0.3 is 9.80 Å². The number of benzene rings is 1. The summed E-state index contributed by atoms with van der Waals surface area (Å²) in [6, 6.07) is 3.34. The average Bonchev–Trinajstić information content (AvgIpc) is 2.75. The van der Waals surface area contributed by atoms with Crippen LogP contribution in [-0.2, 0) is 21.0 Å². The first-order chi connectivity index (χ1) is 14.7. The van der Waals surface area contributed by atoms with Gasteiger partial charge in [-0.2, -0.15) is 17.5 Å². The van der Waals surface area contributed by atoms with Gasteiger partial charge in [-0.25, -0.2) is 8.42 Å². The van der Waals surface area contributed by atoms with Crippen LogP contribution in [0, 0.1) is 11.8 Å². The van der Waals surface area contributed by atoms with Crippen molar-refractivity contribution >= 4 is 15.9 Å². The maximum atomic E-state index is 12.9. The molecule has 1 amide bonds. The molecule has 0 heterocycles. The topological polar surface area (TPSA) is 60.9 Å². The number of rotatable bonds is 8. The van der Waals surface area contributed by atoms with Crippen molar-refractivity contribution in [1.82, 2.24) is 14.1 Å². The molecule has 182 valence electrons. The van der Waals surface area contributed by atoms with E-state index in [1.54, 1.807) is 11.9 Å². The molecule has 0 N–H and O–H groups in total.